The van der Waals surface area contributed by atoms with Gasteiger partial charge in [0.05, 0.1) is 6.20 Å². The summed E-state index contributed by atoms with van der Waals surface area (Å²) in [5.41, 5.74) is 2.24. The smallest absolute Gasteiger partial charge is 0.271 e. The molecule has 0 unspecified atom stereocenters. The zero-order chi connectivity index (χ0) is 18.8. The van der Waals surface area contributed by atoms with E-state index in [4.69, 9.17) is 0 Å². The minimum absolute atomic E-state index is 0.238. The number of imidazole rings is 1. The van der Waals surface area contributed by atoms with E-state index in [-0.39, 0.29) is 11.9 Å². The standard InChI is InChI=1S/C19H18N6OS/c1-24-9-8-20-17(24)16(13-6-4-3-5-7-13)23-18(26)15-12-27-19(22-15)14-10-21-25(2)11-14/h3-12,16H,1-2H3,(H,23,26)/t16-/m0/s1. The maximum atomic E-state index is 12.9. The van der Waals surface area contributed by atoms with Crippen LogP contribution in [-0.2, 0) is 14.1 Å². The Kier molecular flexibility index (Phi) is 4.55. The lowest BCUT2D eigenvalue weighted by atomic mass is 10.1. The number of nitrogens with one attached hydrogen (secondary N) is 1. The lowest BCUT2D eigenvalue weighted by molar-refractivity contribution is 0.0937. The van der Waals surface area contributed by atoms with Gasteiger partial charge in [0.25, 0.3) is 5.91 Å². The van der Waals surface area contributed by atoms with E-state index in [0.717, 1.165) is 22.0 Å². The van der Waals surface area contributed by atoms with E-state index in [1.165, 1.54) is 11.3 Å². The number of hydrogen-bond donors (Lipinski definition) is 1. The Balaban J connectivity index is 1.61. The third-order valence-electron chi connectivity index (χ3n) is 4.21. The normalized spacial score (nSPS) is 12.1. The lowest BCUT2D eigenvalue weighted by Crippen LogP contribution is -2.31. The summed E-state index contributed by atoms with van der Waals surface area (Å²) in [5, 5.41) is 9.74. The molecule has 136 valence electrons. The van der Waals surface area contributed by atoms with Gasteiger partial charge < -0.3 is 9.88 Å². The quantitative estimate of drug-likeness (QED) is 0.579. The van der Waals surface area contributed by atoms with Crippen molar-refractivity contribution in [2.24, 2.45) is 14.1 Å². The molecule has 1 N–H and O–H groups in total. The molecule has 0 saturated heterocycles. The fraction of sp³-hybridized carbons (Fsp3) is 0.158. The summed E-state index contributed by atoms with van der Waals surface area (Å²) in [6.45, 7) is 0. The van der Waals surface area contributed by atoms with E-state index < -0.39 is 0 Å². The zero-order valence-corrected chi connectivity index (χ0v) is 15.7. The minimum Gasteiger partial charge on any atom is -0.337 e. The molecule has 0 aliphatic heterocycles. The van der Waals surface area contributed by atoms with Crippen molar-refractivity contribution in [1.29, 1.82) is 0 Å². The molecule has 7 nitrogen and oxygen atoms in total. The second-order valence-corrected chi connectivity index (χ2v) is 7.01. The second-order valence-electron chi connectivity index (χ2n) is 6.15. The number of benzene rings is 1. The molecule has 0 aliphatic carbocycles. The van der Waals surface area contributed by atoms with Gasteiger partial charge in [-0.1, -0.05) is 30.3 Å². The topological polar surface area (TPSA) is 77.6 Å². The summed E-state index contributed by atoms with van der Waals surface area (Å²) in [7, 11) is 3.76. The van der Waals surface area contributed by atoms with Gasteiger partial charge in [-0.25, -0.2) is 9.97 Å². The molecule has 0 fully saturated rings. The molecule has 1 aromatic carbocycles. The highest BCUT2D eigenvalue weighted by Crippen LogP contribution is 2.24. The van der Waals surface area contributed by atoms with Crippen LogP contribution in [0, 0.1) is 0 Å². The fourth-order valence-corrected chi connectivity index (χ4v) is 3.62. The first-order chi connectivity index (χ1) is 13.1. The predicted molar refractivity (Wildman–Crippen MR) is 103 cm³/mol. The van der Waals surface area contributed by atoms with Crippen LogP contribution in [0.2, 0.25) is 0 Å². The summed E-state index contributed by atoms with van der Waals surface area (Å²) < 4.78 is 3.61. The Morgan fingerprint density at radius 1 is 1.22 bits per heavy atom. The first kappa shape index (κ1) is 17.2. The number of aryl methyl sites for hydroxylation is 2. The maximum absolute atomic E-state index is 12.9. The van der Waals surface area contributed by atoms with Crippen LogP contribution < -0.4 is 5.32 Å². The minimum atomic E-state index is -0.359. The molecule has 1 amide bonds. The van der Waals surface area contributed by atoms with Gasteiger partial charge in [-0.2, -0.15) is 5.10 Å². The third-order valence-corrected chi connectivity index (χ3v) is 5.10. The Labute approximate surface area is 160 Å². The molecule has 27 heavy (non-hydrogen) atoms. The highest BCUT2D eigenvalue weighted by Gasteiger charge is 2.22. The van der Waals surface area contributed by atoms with E-state index in [0.29, 0.717) is 5.69 Å². The van der Waals surface area contributed by atoms with E-state index in [2.05, 4.69) is 20.4 Å². The molecule has 0 radical (unpaired) electrons. The zero-order valence-electron chi connectivity index (χ0n) is 14.9. The average molecular weight is 378 g/mol. The molecule has 8 heteroatoms. The summed E-state index contributed by atoms with van der Waals surface area (Å²) in [4.78, 5) is 21.7. The third kappa shape index (κ3) is 3.52. The average Bonchev–Trinajstić information content (AvgIpc) is 3.41. The van der Waals surface area contributed by atoms with E-state index >= 15 is 0 Å². The molecule has 4 rings (SSSR count). The number of hydrogen-bond acceptors (Lipinski definition) is 5. The Hall–Kier alpha value is -3.26. The van der Waals surface area contributed by atoms with Crippen LogP contribution in [0.1, 0.15) is 27.9 Å². The van der Waals surface area contributed by atoms with Gasteiger partial charge >= 0.3 is 0 Å². The van der Waals surface area contributed by atoms with E-state index in [1.807, 2.05) is 61.4 Å². The number of rotatable bonds is 5. The van der Waals surface area contributed by atoms with Crippen LogP contribution in [0.15, 0.2) is 60.5 Å². The largest absolute Gasteiger partial charge is 0.337 e. The van der Waals surface area contributed by atoms with Crippen LogP contribution in [0.5, 0.6) is 0 Å². The predicted octanol–water partition coefficient (Wildman–Crippen LogP) is 2.80. The first-order valence-corrected chi connectivity index (χ1v) is 9.27. The molecular formula is C19H18N6OS. The molecule has 4 aromatic rings. The van der Waals surface area contributed by atoms with Gasteiger partial charge in [0.1, 0.15) is 22.6 Å². The van der Waals surface area contributed by atoms with Gasteiger partial charge in [0, 0.05) is 43.6 Å². The van der Waals surface area contributed by atoms with Crippen LogP contribution in [0.3, 0.4) is 0 Å². The maximum Gasteiger partial charge on any atom is 0.271 e. The SMILES string of the molecule is Cn1cc(-c2nc(C(=O)N[C@@H](c3ccccc3)c3nccn3C)cs2)cn1. The van der Waals surface area contributed by atoms with Gasteiger partial charge in [-0.15, -0.1) is 11.3 Å². The molecule has 0 bridgehead atoms. The monoisotopic (exact) mass is 378 g/mol. The second kappa shape index (κ2) is 7.16. The molecule has 0 saturated carbocycles. The first-order valence-electron chi connectivity index (χ1n) is 8.39. The molecule has 0 aliphatic rings. The van der Waals surface area contributed by atoms with Gasteiger partial charge in [0.2, 0.25) is 0 Å². The summed E-state index contributed by atoms with van der Waals surface area (Å²) in [6, 6.07) is 9.43. The van der Waals surface area contributed by atoms with Crippen molar-refractivity contribution in [3.8, 4) is 10.6 Å². The molecular weight excluding hydrogens is 360 g/mol. The van der Waals surface area contributed by atoms with Crippen molar-refractivity contribution < 1.29 is 4.79 Å². The van der Waals surface area contributed by atoms with Crippen molar-refractivity contribution >= 4 is 17.2 Å². The number of aromatic nitrogens is 5. The van der Waals surface area contributed by atoms with Crippen molar-refractivity contribution in [2.45, 2.75) is 6.04 Å². The molecule has 3 aromatic heterocycles. The van der Waals surface area contributed by atoms with Crippen LogP contribution in [0.4, 0.5) is 0 Å². The Morgan fingerprint density at radius 3 is 2.70 bits per heavy atom. The lowest BCUT2D eigenvalue weighted by Gasteiger charge is -2.18. The summed E-state index contributed by atoms with van der Waals surface area (Å²) in [6.07, 6.45) is 7.20. The van der Waals surface area contributed by atoms with E-state index in [9.17, 15) is 4.79 Å². The molecule has 0 spiro atoms. The van der Waals surface area contributed by atoms with Gasteiger partial charge in [-0.05, 0) is 5.56 Å². The number of carbonyl (C=O) groups excluding carboxylic acids is 1. The number of thiazole rings is 1. The van der Waals surface area contributed by atoms with Gasteiger partial charge in [0.15, 0.2) is 0 Å². The molecule has 3 heterocycles. The van der Waals surface area contributed by atoms with Crippen molar-refractivity contribution in [1.82, 2.24) is 29.6 Å². The Morgan fingerprint density at radius 2 is 2.04 bits per heavy atom. The van der Waals surface area contributed by atoms with Crippen molar-refractivity contribution in [3.63, 3.8) is 0 Å². The summed E-state index contributed by atoms with van der Waals surface area (Å²) in [5.74, 6) is 0.524. The number of amides is 1. The van der Waals surface area contributed by atoms with Crippen LogP contribution in [-0.4, -0.2) is 30.2 Å². The highest BCUT2D eigenvalue weighted by molar-refractivity contribution is 7.13. The van der Waals surface area contributed by atoms with Gasteiger partial charge in [-0.3, -0.25) is 9.48 Å². The number of carbonyl (C=O) groups is 1. The summed E-state index contributed by atoms with van der Waals surface area (Å²) >= 11 is 1.42. The van der Waals surface area contributed by atoms with Crippen LogP contribution in [0.25, 0.3) is 10.6 Å². The van der Waals surface area contributed by atoms with Crippen molar-refractivity contribution in [2.75, 3.05) is 0 Å². The number of nitrogens with zero attached hydrogens (tertiary/aromatic N) is 5. The van der Waals surface area contributed by atoms with Crippen LogP contribution >= 0.6 is 11.3 Å². The fourth-order valence-electron chi connectivity index (χ4n) is 2.85. The highest BCUT2D eigenvalue weighted by atomic mass is 32.1. The molecule has 1 atom stereocenters. The Bertz CT molecular complexity index is 1060. The van der Waals surface area contributed by atoms with Crippen molar-refractivity contribution in [3.05, 3.63) is 77.6 Å². The van der Waals surface area contributed by atoms with E-state index in [1.54, 1.807) is 22.5 Å².